The molecule has 0 aliphatic carbocycles. The minimum Gasteiger partial charge on any atom is -0.289 e. The smallest absolute Gasteiger partial charge is 0.289 e. The number of rotatable bonds is 6. The van der Waals surface area contributed by atoms with Gasteiger partial charge in [-0.25, -0.2) is 8.78 Å². The Hall–Kier alpha value is -1.93. The predicted octanol–water partition coefficient (Wildman–Crippen LogP) is 4.60. The maximum absolute atomic E-state index is 13.1. The second-order valence-corrected chi connectivity index (χ2v) is 4.18. The quantitative estimate of drug-likeness (QED) is 0.423. The average Bonchev–Trinajstić information content (AvgIpc) is 2.45. The molecule has 9 heteroatoms. The Morgan fingerprint density at radius 2 is 1.45 bits per heavy atom. The molecule has 1 rings (SSSR count). The van der Waals surface area contributed by atoms with E-state index in [4.69, 9.17) is 0 Å². The van der Waals surface area contributed by atoms with Crippen molar-refractivity contribution in [2.75, 3.05) is 0 Å². The first-order valence-electron chi connectivity index (χ1n) is 5.63. The van der Waals surface area contributed by atoms with Crippen LogP contribution in [-0.4, -0.2) is 30.0 Å². The van der Waals surface area contributed by atoms with E-state index in [2.05, 4.69) is 0 Å². The highest BCUT2D eigenvalue weighted by Crippen LogP contribution is 2.49. The monoisotopic (exact) mass is 332 g/mol. The highest BCUT2D eigenvalue weighted by molar-refractivity contribution is 6.04. The number of hydrogen-bond acceptors (Lipinski definition) is 1. The van der Waals surface area contributed by atoms with Crippen LogP contribution in [0.25, 0.3) is 0 Å². The lowest BCUT2D eigenvalue weighted by atomic mass is 10.0. The molecule has 0 aliphatic rings. The highest BCUT2D eigenvalue weighted by atomic mass is 19.4. The van der Waals surface area contributed by atoms with Gasteiger partial charge in [-0.1, -0.05) is 30.3 Å². The van der Waals surface area contributed by atoms with Gasteiger partial charge in [0.05, 0.1) is 0 Å². The standard InChI is InChI=1S/C13H8F8O/c14-10(15)12(18,19)13(20,21)11(16,17)7-6-9(22)8-4-2-1-3-5-8/h1-7,10H. The average molecular weight is 332 g/mol. The molecule has 0 aromatic heterocycles. The fourth-order valence-corrected chi connectivity index (χ4v) is 1.34. The van der Waals surface area contributed by atoms with Crippen LogP contribution in [0.3, 0.4) is 0 Å². The van der Waals surface area contributed by atoms with E-state index < -0.39 is 36.1 Å². The summed E-state index contributed by atoms with van der Waals surface area (Å²) in [5.74, 6) is -19.4. The Kier molecular flexibility index (Phi) is 4.99. The molecule has 0 heterocycles. The molecule has 0 aliphatic heterocycles. The summed E-state index contributed by atoms with van der Waals surface area (Å²) < 4.78 is 101. The number of allylic oxidation sites excluding steroid dienone is 2. The molecular weight excluding hydrogens is 324 g/mol. The van der Waals surface area contributed by atoms with Gasteiger partial charge in [-0.15, -0.1) is 0 Å². The van der Waals surface area contributed by atoms with Crippen molar-refractivity contribution in [2.45, 2.75) is 24.2 Å². The van der Waals surface area contributed by atoms with Crippen LogP contribution in [0.4, 0.5) is 35.1 Å². The number of ketones is 1. The molecular formula is C13H8F8O. The number of carbonyl (C=O) groups excluding carboxylic acids is 1. The Balaban J connectivity index is 3.04. The van der Waals surface area contributed by atoms with Gasteiger partial charge in [0.15, 0.2) is 5.78 Å². The lowest BCUT2D eigenvalue weighted by molar-refractivity contribution is -0.325. The van der Waals surface area contributed by atoms with E-state index >= 15 is 0 Å². The van der Waals surface area contributed by atoms with E-state index in [-0.39, 0.29) is 11.6 Å². The first-order chi connectivity index (χ1) is 9.93. The SMILES string of the molecule is O=C(C=CC(F)(F)C(F)(F)C(F)(F)C(F)F)c1ccccc1. The van der Waals surface area contributed by atoms with E-state index in [1.54, 1.807) is 0 Å². The molecule has 1 aromatic carbocycles. The summed E-state index contributed by atoms with van der Waals surface area (Å²) >= 11 is 0. The minimum atomic E-state index is -6.36. The molecule has 0 bridgehead atoms. The molecule has 1 nitrogen and oxygen atoms in total. The maximum Gasteiger partial charge on any atom is 0.381 e. The largest absolute Gasteiger partial charge is 0.381 e. The third-order valence-electron chi connectivity index (χ3n) is 2.61. The molecule has 0 saturated carbocycles. The maximum atomic E-state index is 13.1. The lowest BCUT2D eigenvalue weighted by Gasteiger charge is -2.30. The Bertz CT molecular complexity index is 550. The molecule has 0 atom stereocenters. The van der Waals surface area contributed by atoms with Crippen molar-refractivity contribution in [3.8, 4) is 0 Å². The van der Waals surface area contributed by atoms with Crippen molar-refractivity contribution in [3.63, 3.8) is 0 Å². The van der Waals surface area contributed by atoms with Gasteiger partial charge in [-0.2, -0.15) is 26.3 Å². The summed E-state index contributed by atoms with van der Waals surface area (Å²) in [5, 5.41) is 0. The van der Waals surface area contributed by atoms with Crippen LogP contribution in [0, 0.1) is 0 Å². The van der Waals surface area contributed by atoms with E-state index in [9.17, 15) is 39.9 Å². The van der Waals surface area contributed by atoms with Gasteiger partial charge in [0.25, 0.3) is 0 Å². The normalized spacial score (nSPS) is 13.9. The van der Waals surface area contributed by atoms with Crippen molar-refractivity contribution < 1.29 is 39.9 Å². The van der Waals surface area contributed by atoms with Gasteiger partial charge >= 0.3 is 24.2 Å². The zero-order chi connectivity index (χ0) is 17.2. The van der Waals surface area contributed by atoms with Crippen LogP contribution >= 0.6 is 0 Å². The van der Waals surface area contributed by atoms with E-state index in [1.165, 1.54) is 18.2 Å². The van der Waals surface area contributed by atoms with E-state index in [0.29, 0.717) is 0 Å². The number of carbonyl (C=O) groups is 1. The van der Waals surface area contributed by atoms with Crippen LogP contribution < -0.4 is 0 Å². The summed E-state index contributed by atoms with van der Waals surface area (Å²) in [5.41, 5.74) is -0.168. The Morgan fingerprint density at radius 3 is 1.91 bits per heavy atom. The van der Waals surface area contributed by atoms with E-state index in [0.717, 1.165) is 12.1 Å². The van der Waals surface area contributed by atoms with Crippen molar-refractivity contribution >= 4 is 5.78 Å². The predicted molar refractivity (Wildman–Crippen MR) is 60.8 cm³/mol. The molecule has 0 unspecified atom stereocenters. The first kappa shape index (κ1) is 18.1. The number of benzene rings is 1. The minimum absolute atomic E-state index is 0.0647. The van der Waals surface area contributed by atoms with Crippen molar-refractivity contribution in [1.29, 1.82) is 0 Å². The molecule has 0 saturated heterocycles. The van der Waals surface area contributed by atoms with Crippen LogP contribution in [0.2, 0.25) is 0 Å². The van der Waals surface area contributed by atoms with Crippen LogP contribution in [0.5, 0.6) is 0 Å². The summed E-state index contributed by atoms with van der Waals surface area (Å²) in [6, 6.07) is 6.50. The van der Waals surface area contributed by atoms with Crippen LogP contribution in [0.15, 0.2) is 42.5 Å². The summed E-state index contributed by atoms with van der Waals surface area (Å²) in [6.07, 6.45) is -5.87. The van der Waals surface area contributed by atoms with Gasteiger partial charge in [0, 0.05) is 5.56 Å². The van der Waals surface area contributed by atoms with Crippen molar-refractivity contribution in [1.82, 2.24) is 0 Å². The van der Waals surface area contributed by atoms with Crippen LogP contribution in [0.1, 0.15) is 10.4 Å². The van der Waals surface area contributed by atoms with Gasteiger partial charge < -0.3 is 0 Å². The van der Waals surface area contributed by atoms with Crippen molar-refractivity contribution in [2.24, 2.45) is 0 Å². The van der Waals surface area contributed by atoms with Gasteiger partial charge in [0.1, 0.15) is 0 Å². The third kappa shape index (κ3) is 3.28. The summed E-state index contributed by atoms with van der Waals surface area (Å²) in [4.78, 5) is 11.4. The Morgan fingerprint density at radius 1 is 0.955 bits per heavy atom. The molecule has 0 amide bonds. The van der Waals surface area contributed by atoms with Crippen molar-refractivity contribution in [3.05, 3.63) is 48.0 Å². The summed E-state index contributed by atoms with van der Waals surface area (Å²) in [7, 11) is 0. The Labute approximate surface area is 119 Å². The highest BCUT2D eigenvalue weighted by Gasteiger charge is 2.74. The first-order valence-corrected chi connectivity index (χ1v) is 5.63. The van der Waals surface area contributed by atoms with Gasteiger partial charge in [-0.3, -0.25) is 4.79 Å². The molecule has 22 heavy (non-hydrogen) atoms. The molecule has 0 spiro atoms. The number of alkyl halides is 8. The fraction of sp³-hybridized carbons (Fsp3) is 0.308. The molecule has 0 radical (unpaired) electrons. The zero-order valence-electron chi connectivity index (χ0n) is 10.6. The number of hydrogen-bond donors (Lipinski definition) is 0. The van der Waals surface area contributed by atoms with Gasteiger partial charge in [-0.05, 0) is 12.2 Å². The zero-order valence-corrected chi connectivity index (χ0v) is 10.6. The molecule has 122 valence electrons. The van der Waals surface area contributed by atoms with E-state index in [1.807, 2.05) is 0 Å². The fourth-order valence-electron chi connectivity index (χ4n) is 1.34. The molecule has 0 fully saturated rings. The third-order valence-corrected chi connectivity index (χ3v) is 2.61. The second-order valence-electron chi connectivity index (χ2n) is 4.18. The van der Waals surface area contributed by atoms with Gasteiger partial charge in [0.2, 0.25) is 0 Å². The molecule has 0 N–H and O–H groups in total. The van der Waals surface area contributed by atoms with Crippen LogP contribution in [-0.2, 0) is 0 Å². The topological polar surface area (TPSA) is 17.1 Å². The number of halogens is 8. The summed E-state index contributed by atoms with van der Waals surface area (Å²) in [6.45, 7) is 0. The second kappa shape index (κ2) is 6.05. The molecule has 1 aromatic rings. The lowest BCUT2D eigenvalue weighted by Crippen LogP contribution is -2.56.